The minimum Gasteiger partial charge on any atom is -0.378 e. The zero-order valence-electron chi connectivity index (χ0n) is 15.8. The predicted octanol–water partition coefficient (Wildman–Crippen LogP) is 3.37. The number of hydrogen-bond donors (Lipinski definition) is 1. The Morgan fingerprint density at radius 3 is 2.32 bits per heavy atom. The summed E-state index contributed by atoms with van der Waals surface area (Å²) < 4.78 is 5.96. The molecule has 0 aliphatic heterocycles. The maximum Gasteiger partial charge on any atom is 0.225 e. The molecule has 2 N–H and O–H groups in total. The second-order valence-corrected chi connectivity index (χ2v) is 8.93. The molecular formula is C20H35ClN2O2. The number of nitrogens with two attached hydrogens (primary N) is 1. The van der Waals surface area contributed by atoms with Crippen LogP contribution >= 0.6 is 12.4 Å². The van der Waals surface area contributed by atoms with E-state index in [0.29, 0.717) is 35.9 Å². The van der Waals surface area contributed by atoms with Crippen molar-refractivity contribution < 1.29 is 9.53 Å². The Morgan fingerprint density at radius 2 is 1.80 bits per heavy atom. The molecule has 0 aromatic heterocycles. The van der Waals surface area contributed by atoms with Crippen LogP contribution in [0.25, 0.3) is 0 Å². The lowest BCUT2D eigenvalue weighted by atomic mass is 9.50. The van der Waals surface area contributed by atoms with Gasteiger partial charge in [-0.2, -0.15) is 0 Å². The average Bonchev–Trinajstić information content (AvgIpc) is 2.48. The quantitative estimate of drug-likeness (QED) is 0.825. The number of ether oxygens (including phenoxy) is 1. The van der Waals surface area contributed by atoms with Crippen LogP contribution in [0.3, 0.4) is 0 Å². The molecule has 0 radical (unpaired) electrons. The van der Waals surface area contributed by atoms with E-state index in [1.54, 1.807) is 0 Å². The van der Waals surface area contributed by atoms with Crippen molar-refractivity contribution in [2.24, 2.45) is 28.9 Å². The molecule has 4 atom stereocenters. The SMILES string of the molecule is CCOC1CC(N(C)C(=O)C2CC3CCCC(C2)C3N)C12CCC2.Cl. The standard InChI is InChI=1S/C20H34N2O2.ClH/c1-3-24-17-12-16(20(17)8-5-9-20)22(2)19(23)15-10-13-6-4-7-14(11-15)18(13)21;/h13-18H,3-12,21H2,1-2H3;1H. The summed E-state index contributed by atoms with van der Waals surface area (Å²) in [6.45, 7) is 2.87. The third kappa shape index (κ3) is 3.02. The van der Waals surface area contributed by atoms with Crippen molar-refractivity contribution in [2.45, 2.75) is 82.9 Å². The lowest BCUT2D eigenvalue weighted by Gasteiger charge is -2.63. The van der Waals surface area contributed by atoms with Gasteiger partial charge in [-0.3, -0.25) is 4.79 Å². The summed E-state index contributed by atoms with van der Waals surface area (Å²) in [5, 5.41) is 0. The van der Waals surface area contributed by atoms with Gasteiger partial charge in [0.25, 0.3) is 0 Å². The number of hydrogen-bond acceptors (Lipinski definition) is 3. The molecule has 1 amide bonds. The smallest absolute Gasteiger partial charge is 0.225 e. The minimum absolute atomic E-state index is 0. The van der Waals surface area contributed by atoms with E-state index in [4.69, 9.17) is 10.5 Å². The summed E-state index contributed by atoms with van der Waals surface area (Å²) in [6, 6.07) is 0.753. The molecule has 0 heterocycles. The summed E-state index contributed by atoms with van der Waals surface area (Å²) in [5.41, 5.74) is 6.68. The zero-order valence-corrected chi connectivity index (χ0v) is 16.6. The molecule has 2 bridgehead atoms. The predicted molar refractivity (Wildman–Crippen MR) is 102 cm³/mol. The van der Waals surface area contributed by atoms with Crippen molar-refractivity contribution >= 4 is 18.3 Å². The van der Waals surface area contributed by atoms with Crippen molar-refractivity contribution in [2.75, 3.05) is 13.7 Å². The number of nitrogens with zero attached hydrogens (tertiary/aromatic N) is 1. The summed E-state index contributed by atoms with van der Waals surface area (Å²) >= 11 is 0. The highest BCUT2D eigenvalue weighted by Gasteiger charge is 2.61. The fourth-order valence-electron chi connectivity index (χ4n) is 6.38. The third-order valence-corrected chi connectivity index (χ3v) is 7.97. The summed E-state index contributed by atoms with van der Waals surface area (Å²) in [4.78, 5) is 15.3. The second-order valence-electron chi connectivity index (χ2n) is 8.93. The molecule has 0 aromatic carbocycles. The van der Waals surface area contributed by atoms with Crippen molar-refractivity contribution in [1.82, 2.24) is 4.90 Å². The van der Waals surface area contributed by atoms with Gasteiger partial charge in [0.1, 0.15) is 0 Å². The van der Waals surface area contributed by atoms with E-state index in [9.17, 15) is 4.79 Å². The molecule has 0 saturated heterocycles. The molecular weight excluding hydrogens is 336 g/mol. The van der Waals surface area contributed by atoms with E-state index >= 15 is 0 Å². The monoisotopic (exact) mass is 370 g/mol. The average molecular weight is 371 g/mol. The van der Waals surface area contributed by atoms with E-state index in [2.05, 4.69) is 18.9 Å². The van der Waals surface area contributed by atoms with Gasteiger partial charge in [-0.1, -0.05) is 12.8 Å². The van der Waals surface area contributed by atoms with Crippen LogP contribution in [0.1, 0.15) is 64.7 Å². The number of carbonyl (C=O) groups excluding carboxylic acids is 1. The van der Waals surface area contributed by atoms with Crippen LogP contribution in [-0.2, 0) is 9.53 Å². The minimum atomic E-state index is 0. The molecule has 4 unspecified atom stereocenters. The molecule has 144 valence electrons. The van der Waals surface area contributed by atoms with E-state index in [1.807, 2.05) is 0 Å². The van der Waals surface area contributed by atoms with Crippen LogP contribution < -0.4 is 5.73 Å². The Labute approximate surface area is 158 Å². The zero-order chi connectivity index (χ0) is 16.9. The fourth-order valence-corrected chi connectivity index (χ4v) is 6.38. The van der Waals surface area contributed by atoms with Gasteiger partial charge in [0.15, 0.2) is 0 Å². The second kappa shape index (κ2) is 7.36. The topological polar surface area (TPSA) is 55.6 Å². The van der Waals surface area contributed by atoms with Crippen LogP contribution in [0.5, 0.6) is 0 Å². The molecule has 4 aliphatic carbocycles. The Bertz CT molecular complexity index is 482. The molecule has 4 aliphatic rings. The first-order valence-corrected chi connectivity index (χ1v) is 10.2. The Balaban J connectivity index is 0.00000182. The van der Waals surface area contributed by atoms with Crippen LogP contribution in [0.15, 0.2) is 0 Å². The highest BCUT2D eigenvalue weighted by atomic mass is 35.5. The number of rotatable bonds is 4. The van der Waals surface area contributed by atoms with Crippen molar-refractivity contribution in [3.63, 3.8) is 0 Å². The molecule has 4 fully saturated rings. The van der Waals surface area contributed by atoms with Crippen molar-refractivity contribution in [3.05, 3.63) is 0 Å². The fraction of sp³-hybridized carbons (Fsp3) is 0.950. The molecule has 5 heteroatoms. The molecule has 4 rings (SSSR count). The number of fused-ring (bicyclic) bond motifs is 2. The van der Waals surface area contributed by atoms with Crippen molar-refractivity contribution in [1.29, 1.82) is 0 Å². The maximum absolute atomic E-state index is 13.2. The van der Waals surface area contributed by atoms with Gasteiger partial charge in [0, 0.05) is 37.1 Å². The van der Waals surface area contributed by atoms with Gasteiger partial charge in [0.2, 0.25) is 5.91 Å². The molecule has 1 spiro atoms. The lowest BCUT2D eigenvalue weighted by molar-refractivity contribution is -0.204. The van der Waals surface area contributed by atoms with Gasteiger partial charge in [-0.05, 0) is 63.7 Å². The van der Waals surface area contributed by atoms with E-state index in [-0.39, 0.29) is 23.7 Å². The van der Waals surface area contributed by atoms with Crippen LogP contribution in [-0.4, -0.2) is 42.6 Å². The summed E-state index contributed by atoms with van der Waals surface area (Å²) in [7, 11) is 2.06. The molecule has 25 heavy (non-hydrogen) atoms. The summed E-state index contributed by atoms with van der Waals surface area (Å²) in [6.07, 6.45) is 11.0. The third-order valence-electron chi connectivity index (χ3n) is 7.97. The Hall–Kier alpha value is -0.320. The highest BCUT2D eigenvalue weighted by Crippen LogP contribution is 2.59. The maximum atomic E-state index is 13.2. The van der Waals surface area contributed by atoms with Gasteiger partial charge < -0.3 is 15.4 Å². The molecule has 4 nitrogen and oxygen atoms in total. The first-order valence-electron chi connectivity index (χ1n) is 10.2. The summed E-state index contributed by atoms with van der Waals surface area (Å²) in [5.74, 6) is 1.77. The molecule has 4 saturated carbocycles. The van der Waals surface area contributed by atoms with Gasteiger partial charge >= 0.3 is 0 Å². The van der Waals surface area contributed by atoms with E-state index < -0.39 is 0 Å². The normalized spacial score (nSPS) is 41.2. The van der Waals surface area contributed by atoms with Crippen LogP contribution in [0.2, 0.25) is 0 Å². The van der Waals surface area contributed by atoms with E-state index in [1.165, 1.54) is 38.5 Å². The first kappa shape index (κ1) is 19.4. The number of halogens is 1. The number of carbonyl (C=O) groups is 1. The van der Waals surface area contributed by atoms with Gasteiger partial charge in [-0.25, -0.2) is 0 Å². The van der Waals surface area contributed by atoms with E-state index in [0.717, 1.165) is 25.9 Å². The van der Waals surface area contributed by atoms with Crippen LogP contribution in [0, 0.1) is 23.2 Å². The van der Waals surface area contributed by atoms with Gasteiger partial charge in [0.05, 0.1) is 6.10 Å². The lowest BCUT2D eigenvalue weighted by Crippen LogP contribution is -2.68. The number of amides is 1. The molecule has 0 aromatic rings. The highest BCUT2D eigenvalue weighted by molar-refractivity contribution is 5.85. The van der Waals surface area contributed by atoms with Crippen molar-refractivity contribution in [3.8, 4) is 0 Å². The van der Waals surface area contributed by atoms with Crippen LogP contribution in [0.4, 0.5) is 0 Å². The Morgan fingerprint density at radius 1 is 1.16 bits per heavy atom. The van der Waals surface area contributed by atoms with Gasteiger partial charge in [-0.15, -0.1) is 12.4 Å². The first-order chi connectivity index (χ1) is 11.6. The largest absolute Gasteiger partial charge is 0.378 e. The Kier molecular flexibility index (Phi) is 5.72.